The Morgan fingerprint density at radius 2 is 1.95 bits per heavy atom. The molecule has 21 heavy (non-hydrogen) atoms. The van der Waals surface area contributed by atoms with Crippen molar-refractivity contribution in [3.63, 3.8) is 0 Å². The van der Waals surface area contributed by atoms with Gasteiger partial charge in [0.2, 0.25) is 5.88 Å². The molecule has 0 saturated carbocycles. The molecule has 5 heteroatoms. The Kier molecular flexibility index (Phi) is 5.33. The Labute approximate surface area is 128 Å². The van der Waals surface area contributed by atoms with Crippen LogP contribution in [0.15, 0.2) is 47.5 Å². The maximum atomic E-state index is 11.4. The normalized spacial score (nSPS) is 12.2. The maximum absolute atomic E-state index is 11.4. The van der Waals surface area contributed by atoms with Gasteiger partial charge < -0.3 is 10.1 Å². The first-order valence-corrected chi connectivity index (χ1v) is 8.40. The third kappa shape index (κ3) is 4.56. The molecule has 2 aromatic rings. The summed E-state index contributed by atoms with van der Waals surface area (Å²) in [6.45, 7) is 4.61. The summed E-state index contributed by atoms with van der Waals surface area (Å²) in [6, 6.07) is 11.6. The predicted molar refractivity (Wildman–Crippen MR) is 86.1 cm³/mol. The molecule has 0 aliphatic heterocycles. The van der Waals surface area contributed by atoms with E-state index in [0.29, 0.717) is 12.4 Å². The summed E-state index contributed by atoms with van der Waals surface area (Å²) < 4.78 is 17.0. The molecule has 1 aromatic heterocycles. The van der Waals surface area contributed by atoms with E-state index in [9.17, 15) is 4.21 Å². The number of ether oxygens (including phenoxy) is 1. The van der Waals surface area contributed by atoms with Crippen molar-refractivity contribution in [1.29, 1.82) is 0 Å². The van der Waals surface area contributed by atoms with Gasteiger partial charge in [0.25, 0.3) is 0 Å². The Hall–Kier alpha value is -1.88. The van der Waals surface area contributed by atoms with Gasteiger partial charge in [-0.3, -0.25) is 4.21 Å². The van der Waals surface area contributed by atoms with E-state index in [1.807, 2.05) is 50.2 Å². The summed E-state index contributed by atoms with van der Waals surface area (Å²) in [5, 5.41) is 3.32. The van der Waals surface area contributed by atoms with Crippen LogP contribution in [0, 0.1) is 0 Å². The van der Waals surface area contributed by atoms with E-state index in [1.165, 1.54) is 0 Å². The lowest BCUT2D eigenvalue weighted by Crippen LogP contribution is -2.10. The minimum Gasteiger partial charge on any atom is -0.473 e. The van der Waals surface area contributed by atoms with Crippen LogP contribution in [-0.2, 0) is 17.3 Å². The van der Waals surface area contributed by atoms with E-state index in [0.717, 1.165) is 16.1 Å². The molecule has 1 atom stereocenters. The highest BCUT2D eigenvalue weighted by atomic mass is 32.2. The number of anilines is 1. The van der Waals surface area contributed by atoms with Gasteiger partial charge in [0, 0.05) is 34.7 Å². The SMILES string of the molecule is CC(C)Oc1ncccc1NCc1ccc([S@](C)=O)cc1. The van der Waals surface area contributed by atoms with Crippen molar-refractivity contribution in [2.24, 2.45) is 0 Å². The third-order valence-electron chi connectivity index (χ3n) is 2.86. The van der Waals surface area contributed by atoms with E-state index in [2.05, 4.69) is 10.3 Å². The zero-order valence-electron chi connectivity index (χ0n) is 12.5. The standard InChI is InChI=1S/C16H20N2O2S/c1-12(2)20-16-15(5-4-10-17-16)18-11-13-6-8-14(9-7-13)21(3)19/h4-10,12,18H,11H2,1-3H3/t21-/m0/s1. The topological polar surface area (TPSA) is 51.2 Å². The fourth-order valence-electron chi connectivity index (χ4n) is 1.84. The van der Waals surface area contributed by atoms with E-state index in [4.69, 9.17) is 4.74 Å². The van der Waals surface area contributed by atoms with Gasteiger partial charge in [0.15, 0.2) is 0 Å². The molecule has 1 N–H and O–H groups in total. The van der Waals surface area contributed by atoms with Crippen molar-refractivity contribution in [2.75, 3.05) is 11.6 Å². The second-order valence-corrected chi connectivity index (χ2v) is 6.35. The molecule has 0 saturated heterocycles. The molecule has 0 spiro atoms. The number of nitrogens with one attached hydrogen (secondary N) is 1. The van der Waals surface area contributed by atoms with Crippen LogP contribution in [0.4, 0.5) is 5.69 Å². The van der Waals surface area contributed by atoms with Gasteiger partial charge >= 0.3 is 0 Å². The number of benzene rings is 1. The molecule has 4 nitrogen and oxygen atoms in total. The predicted octanol–water partition coefficient (Wildman–Crippen LogP) is 3.22. The number of aromatic nitrogens is 1. The van der Waals surface area contributed by atoms with Crippen molar-refractivity contribution < 1.29 is 8.95 Å². The lowest BCUT2D eigenvalue weighted by atomic mass is 10.2. The molecule has 0 bridgehead atoms. The number of nitrogens with zero attached hydrogens (tertiary/aromatic N) is 1. The lowest BCUT2D eigenvalue weighted by molar-refractivity contribution is 0.234. The van der Waals surface area contributed by atoms with Gasteiger partial charge in [0.05, 0.1) is 11.8 Å². The molecule has 1 heterocycles. The first kappa shape index (κ1) is 15.5. The molecule has 0 amide bonds. The third-order valence-corrected chi connectivity index (χ3v) is 3.79. The quantitative estimate of drug-likeness (QED) is 0.890. The van der Waals surface area contributed by atoms with Gasteiger partial charge in [-0.05, 0) is 43.7 Å². The van der Waals surface area contributed by atoms with E-state index in [1.54, 1.807) is 12.5 Å². The summed E-state index contributed by atoms with van der Waals surface area (Å²) in [5.41, 5.74) is 1.98. The molecule has 1 aromatic carbocycles. The zero-order valence-corrected chi connectivity index (χ0v) is 13.3. The fraction of sp³-hybridized carbons (Fsp3) is 0.312. The summed E-state index contributed by atoms with van der Waals surface area (Å²) >= 11 is 0. The number of hydrogen-bond donors (Lipinski definition) is 1. The van der Waals surface area contributed by atoms with Gasteiger partial charge in [-0.25, -0.2) is 4.98 Å². The highest BCUT2D eigenvalue weighted by Gasteiger charge is 2.06. The van der Waals surface area contributed by atoms with E-state index in [-0.39, 0.29) is 6.10 Å². The highest BCUT2D eigenvalue weighted by Crippen LogP contribution is 2.22. The summed E-state index contributed by atoms with van der Waals surface area (Å²) in [7, 11) is -0.938. The number of pyridine rings is 1. The van der Waals surface area contributed by atoms with Gasteiger partial charge in [-0.15, -0.1) is 0 Å². The van der Waals surface area contributed by atoms with Crippen LogP contribution in [0.3, 0.4) is 0 Å². The molecule has 0 unspecified atom stereocenters. The summed E-state index contributed by atoms with van der Waals surface area (Å²) in [4.78, 5) is 5.08. The van der Waals surface area contributed by atoms with Crippen molar-refractivity contribution in [2.45, 2.75) is 31.4 Å². The van der Waals surface area contributed by atoms with Gasteiger partial charge in [-0.2, -0.15) is 0 Å². The lowest BCUT2D eigenvalue weighted by Gasteiger charge is -2.14. The van der Waals surface area contributed by atoms with Crippen molar-refractivity contribution in [3.05, 3.63) is 48.2 Å². The molecule has 112 valence electrons. The fourth-order valence-corrected chi connectivity index (χ4v) is 2.36. The van der Waals surface area contributed by atoms with Crippen LogP contribution in [0.1, 0.15) is 19.4 Å². The zero-order chi connectivity index (χ0) is 15.2. The largest absolute Gasteiger partial charge is 0.473 e. The Morgan fingerprint density at radius 1 is 1.24 bits per heavy atom. The van der Waals surface area contributed by atoms with Crippen molar-refractivity contribution >= 4 is 16.5 Å². The monoisotopic (exact) mass is 304 g/mol. The van der Waals surface area contributed by atoms with Crippen molar-refractivity contribution in [1.82, 2.24) is 4.98 Å². The molecule has 0 aliphatic carbocycles. The average Bonchev–Trinajstić information content (AvgIpc) is 2.46. The van der Waals surface area contributed by atoms with Crippen LogP contribution >= 0.6 is 0 Å². The second kappa shape index (κ2) is 7.22. The average molecular weight is 304 g/mol. The molecule has 0 radical (unpaired) electrons. The Morgan fingerprint density at radius 3 is 2.57 bits per heavy atom. The molecular weight excluding hydrogens is 284 g/mol. The van der Waals surface area contributed by atoms with Gasteiger partial charge in [0.1, 0.15) is 0 Å². The second-order valence-electron chi connectivity index (χ2n) is 4.97. The van der Waals surface area contributed by atoms with Gasteiger partial charge in [-0.1, -0.05) is 12.1 Å². The first-order chi connectivity index (χ1) is 10.1. The molecule has 0 aliphatic rings. The Bertz CT molecular complexity index is 612. The first-order valence-electron chi connectivity index (χ1n) is 6.84. The maximum Gasteiger partial charge on any atom is 0.237 e. The van der Waals surface area contributed by atoms with E-state index >= 15 is 0 Å². The van der Waals surface area contributed by atoms with Crippen molar-refractivity contribution in [3.8, 4) is 5.88 Å². The molecule has 0 fully saturated rings. The highest BCUT2D eigenvalue weighted by molar-refractivity contribution is 7.84. The van der Waals surface area contributed by atoms with E-state index < -0.39 is 10.8 Å². The molecule has 2 rings (SSSR count). The minimum atomic E-state index is -0.938. The Balaban J connectivity index is 2.04. The smallest absolute Gasteiger partial charge is 0.237 e. The van der Waals surface area contributed by atoms with Crippen LogP contribution in [0.2, 0.25) is 0 Å². The summed E-state index contributed by atoms with van der Waals surface area (Å²) in [5.74, 6) is 0.610. The van der Waals surface area contributed by atoms with Crippen LogP contribution in [0.25, 0.3) is 0 Å². The summed E-state index contributed by atoms with van der Waals surface area (Å²) in [6.07, 6.45) is 3.48. The molecular formula is C16H20N2O2S. The minimum absolute atomic E-state index is 0.0827. The number of hydrogen-bond acceptors (Lipinski definition) is 4. The van der Waals surface area contributed by atoms with Crippen LogP contribution in [-0.4, -0.2) is 21.6 Å². The van der Waals surface area contributed by atoms with Crippen LogP contribution < -0.4 is 10.1 Å². The van der Waals surface area contributed by atoms with Crippen LogP contribution in [0.5, 0.6) is 5.88 Å². The number of rotatable bonds is 6.